The highest BCUT2D eigenvalue weighted by Gasteiger charge is 2.37. The minimum absolute atomic E-state index is 0.0865. The van der Waals surface area contributed by atoms with Crippen molar-refractivity contribution in [3.63, 3.8) is 0 Å². The van der Waals surface area contributed by atoms with Gasteiger partial charge in [0.15, 0.2) is 0 Å². The zero-order chi connectivity index (χ0) is 23.5. The number of rotatable bonds is 4. The highest BCUT2D eigenvalue weighted by Crippen LogP contribution is 2.28. The molecule has 3 unspecified atom stereocenters. The van der Waals surface area contributed by atoms with Gasteiger partial charge in [-0.15, -0.1) is 0 Å². The zero-order valence-corrected chi connectivity index (χ0v) is 20.5. The SMILES string of the molecule is CC(C)(C)OC(=O)N1CCN(C2CCC(NC(=O)Cc3c(F)cccc3Br)CC2F)CC1. The molecule has 1 heterocycles. The Labute approximate surface area is 196 Å². The number of benzene rings is 1. The zero-order valence-electron chi connectivity index (χ0n) is 18.9. The Bertz CT molecular complexity index is 805. The van der Waals surface area contributed by atoms with E-state index in [9.17, 15) is 14.0 Å². The normalized spacial score (nSPS) is 24.8. The number of nitrogens with one attached hydrogen (secondary N) is 1. The first-order chi connectivity index (χ1) is 15.0. The average molecular weight is 516 g/mol. The van der Waals surface area contributed by atoms with Crippen molar-refractivity contribution < 1.29 is 23.1 Å². The van der Waals surface area contributed by atoms with E-state index in [1.54, 1.807) is 17.0 Å². The van der Waals surface area contributed by atoms with Crippen molar-refractivity contribution in [3.8, 4) is 0 Å². The van der Waals surface area contributed by atoms with E-state index in [1.807, 2.05) is 20.8 Å². The fraction of sp³-hybridized carbons (Fsp3) is 0.652. The lowest BCUT2D eigenvalue weighted by Crippen LogP contribution is -2.57. The quantitative estimate of drug-likeness (QED) is 0.656. The average Bonchev–Trinajstić information content (AvgIpc) is 2.70. The summed E-state index contributed by atoms with van der Waals surface area (Å²) in [5.41, 5.74) is -0.234. The van der Waals surface area contributed by atoms with Crippen LogP contribution in [0.1, 0.15) is 45.6 Å². The minimum atomic E-state index is -1.07. The van der Waals surface area contributed by atoms with Crippen LogP contribution >= 0.6 is 15.9 Å². The molecule has 1 aliphatic heterocycles. The Hall–Kier alpha value is -1.74. The number of carbonyl (C=O) groups is 2. The van der Waals surface area contributed by atoms with Gasteiger partial charge in [-0.05, 0) is 45.7 Å². The smallest absolute Gasteiger partial charge is 0.410 e. The van der Waals surface area contributed by atoms with Gasteiger partial charge in [-0.25, -0.2) is 13.6 Å². The molecule has 0 aromatic heterocycles. The number of amides is 2. The first kappa shape index (κ1) is 24.9. The predicted molar refractivity (Wildman–Crippen MR) is 122 cm³/mol. The number of nitrogens with zero attached hydrogens (tertiary/aromatic N) is 2. The molecule has 2 amide bonds. The number of carbonyl (C=O) groups excluding carboxylic acids is 2. The van der Waals surface area contributed by atoms with Gasteiger partial charge in [0.2, 0.25) is 5.91 Å². The van der Waals surface area contributed by atoms with Gasteiger partial charge in [0.25, 0.3) is 0 Å². The molecule has 6 nitrogen and oxygen atoms in total. The molecule has 178 valence electrons. The second-order valence-electron chi connectivity index (χ2n) is 9.54. The van der Waals surface area contributed by atoms with E-state index in [1.165, 1.54) is 6.07 Å². The summed E-state index contributed by atoms with van der Waals surface area (Å²) in [6, 6.07) is 4.10. The molecule has 32 heavy (non-hydrogen) atoms. The van der Waals surface area contributed by atoms with Crippen molar-refractivity contribution in [1.29, 1.82) is 0 Å². The predicted octanol–water partition coefficient (Wildman–Crippen LogP) is 4.06. The first-order valence-corrected chi connectivity index (χ1v) is 11.9. The maximum atomic E-state index is 15.0. The molecule has 0 spiro atoms. The van der Waals surface area contributed by atoms with Crippen molar-refractivity contribution in [1.82, 2.24) is 15.1 Å². The fourth-order valence-electron chi connectivity index (χ4n) is 4.35. The molecule has 3 atom stereocenters. The molecule has 2 aliphatic rings. The van der Waals surface area contributed by atoms with Crippen molar-refractivity contribution in [2.45, 2.75) is 70.3 Å². The van der Waals surface area contributed by atoms with Gasteiger partial charge in [0.05, 0.1) is 6.42 Å². The molecule has 1 aromatic rings. The lowest BCUT2D eigenvalue weighted by Gasteiger charge is -2.43. The third kappa shape index (κ3) is 6.63. The minimum Gasteiger partial charge on any atom is -0.444 e. The lowest BCUT2D eigenvalue weighted by molar-refractivity contribution is -0.121. The van der Waals surface area contributed by atoms with E-state index in [0.717, 1.165) is 0 Å². The molecule has 0 bridgehead atoms. The largest absolute Gasteiger partial charge is 0.444 e. The summed E-state index contributed by atoms with van der Waals surface area (Å²) in [5, 5.41) is 2.86. The second-order valence-corrected chi connectivity index (χ2v) is 10.4. The van der Waals surface area contributed by atoms with E-state index in [-0.39, 0.29) is 36.9 Å². The van der Waals surface area contributed by atoms with Gasteiger partial charge >= 0.3 is 6.09 Å². The van der Waals surface area contributed by atoms with Crippen LogP contribution in [-0.4, -0.2) is 71.8 Å². The van der Waals surface area contributed by atoms with Gasteiger partial charge in [-0.2, -0.15) is 0 Å². The van der Waals surface area contributed by atoms with E-state index in [4.69, 9.17) is 4.74 Å². The van der Waals surface area contributed by atoms with E-state index >= 15 is 4.39 Å². The van der Waals surface area contributed by atoms with E-state index in [0.29, 0.717) is 49.1 Å². The summed E-state index contributed by atoms with van der Waals surface area (Å²) in [5.74, 6) is -0.746. The van der Waals surface area contributed by atoms with Crippen LogP contribution in [0.4, 0.5) is 13.6 Å². The van der Waals surface area contributed by atoms with Crippen molar-refractivity contribution in [3.05, 3.63) is 34.1 Å². The number of halogens is 3. The maximum absolute atomic E-state index is 15.0. The Balaban J connectivity index is 1.45. The first-order valence-electron chi connectivity index (χ1n) is 11.1. The van der Waals surface area contributed by atoms with Crippen LogP contribution in [0.3, 0.4) is 0 Å². The van der Waals surface area contributed by atoms with Crippen LogP contribution in [0, 0.1) is 5.82 Å². The highest BCUT2D eigenvalue weighted by atomic mass is 79.9. The maximum Gasteiger partial charge on any atom is 0.410 e. The summed E-state index contributed by atoms with van der Waals surface area (Å²) in [6.07, 6.45) is 0.0469. The Morgan fingerprint density at radius 2 is 1.88 bits per heavy atom. The van der Waals surface area contributed by atoms with Crippen molar-refractivity contribution in [2.75, 3.05) is 26.2 Å². The molecule has 3 rings (SSSR count). The summed E-state index contributed by atoms with van der Waals surface area (Å²) >= 11 is 3.27. The number of piperazine rings is 1. The number of alkyl halides is 1. The van der Waals surface area contributed by atoms with Crippen LogP contribution in [0.25, 0.3) is 0 Å². The van der Waals surface area contributed by atoms with E-state index < -0.39 is 17.6 Å². The van der Waals surface area contributed by atoms with Crippen LogP contribution in [0.5, 0.6) is 0 Å². The van der Waals surface area contributed by atoms with Crippen molar-refractivity contribution in [2.24, 2.45) is 0 Å². The monoisotopic (exact) mass is 515 g/mol. The molecule has 1 saturated heterocycles. The number of hydrogen-bond acceptors (Lipinski definition) is 4. The molecular weight excluding hydrogens is 484 g/mol. The Morgan fingerprint density at radius 3 is 2.47 bits per heavy atom. The standard InChI is InChI=1S/C23H32BrF2N3O3/c1-23(2,3)32-22(31)29-11-9-28(10-12-29)20-8-7-15(13-19(20)26)27-21(30)14-16-17(24)5-4-6-18(16)25/h4-6,15,19-20H,7-14H2,1-3H3,(H,27,30). The van der Waals surface area contributed by atoms with Gasteiger partial charge in [-0.3, -0.25) is 9.69 Å². The summed E-state index contributed by atoms with van der Waals surface area (Å²) in [6.45, 7) is 7.72. The molecule has 9 heteroatoms. The van der Waals surface area contributed by atoms with Crippen LogP contribution in [-0.2, 0) is 16.0 Å². The highest BCUT2D eigenvalue weighted by molar-refractivity contribution is 9.10. The molecule has 1 N–H and O–H groups in total. The number of ether oxygens (including phenoxy) is 1. The van der Waals surface area contributed by atoms with Gasteiger partial charge in [0, 0.05) is 54.7 Å². The Morgan fingerprint density at radius 1 is 1.19 bits per heavy atom. The molecule has 1 aromatic carbocycles. The van der Waals surface area contributed by atoms with Crippen LogP contribution < -0.4 is 5.32 Å². The van der Waals surface area contributed by atoms with Crippen molar-refractivity contribution >= 4 is 27.9 Å². The molecular formula is C23H32BrF2N3O3. The third-order valence-electron chi connectivity index (χ3n) is 5.94. The summed E-state index contributed by atoms with van der Waals surface area (Å²) in [7, 11) is 0. The fourth-order valence-corrected chi connectivity index (χ4v) is 4.83. The van der Waals surface area contributed by atoms with Crippen LogP contribution in [0.2, 0.25) is 0 Å². The summed E-state index contributed by atoms with van der Waals surface area (Å²) in [4.78, 5) is 28.4. The summed E-state index contributed by atoms with van der Waals surface area (Å²) < 4.78 is 34.9. The van der Waals surface area contributed by atoms with Gasteiger partial charge < -0.3 is 15.0 Å². The van der Waals surface area contributed by atoms with E-state index in [2.05, 4.69) is 26.1 Å². The number of hydrogen-bond donors (Lipinski definition) is 1. The van der Waals surface area contributed by atoms with Gasteiger partial charge in [-0.1, -0.05) is 22.0 Å². The molecule has 1 aliphatic carbocycles. The molecule has 1 saturated carbocycles. The molecule has 2 fully saturated rings. The lowest BCUT2D eigenvalue weighted by atomic mass is 9.88. The van der Waals surface area contributed by atoms with Gasteiger partial charge in [0.1, 0.15) is 17.6 Å². The topological polar surface area (TPSA) is 61.9 Å². The van der Waals surface area contributed by atoms with Crippen LogP contribution in [0.15, 0.2) is 22.7 Å². The second kappa shape index (κ2) is 10.5. The molecule has 0 radical (unpaired) electrons. The third-order valence-corrected chi connectivity index (χ3v) is 6.68. The Kier molecular flexibility index (Phi) is 8.14.